The standard InChI is InChI=1S/C18H16N4O/c1-12-5-3-6-13(2)17(12)22-16(23)11-21-18-14(9-19)7-4-8-15(18)10-20/h3-8,21H,11H2,1-2H3,(H,22,23). The van der Waals surface area contributed by atoms with Crippen LogP contribution in [-0.4, -0.2) is 12.5 Å². The third kappa shape index (κ3) is 3.66. The van der Waals surface area contributed by atoms with E-state index in [2.05, 4.69) is 10.6 Å². The number of hydrogen-bond donors (Lipinski definition) is 2. The van der Waals surface area contributed by atoms with Crippen molar-refractivity contribution in [3.8, 4) is 12.1 Å². The van der Waals surface area contributed by atoms with E-state index >= 15 is 0 Å². The Morgan fingerprint density at radius 3 is 2.00 bits per heavy atom. The summed E-state index contributed by atoms with van der Waals surface area (Å²) in [5.41, 5.74) is 3.80. The fourth-order valence-electron chi connectivity index (χ4n) is 2.29. The van der Waals surface area contributed by atoms with Crippen molar-refractivity contribution < 1.29 is 4.79 Å². The van der Waals surface area contributed by atoms with Gasteiger partial charge in [0.1, 0.15) is 12.1 Å². The average Bonchev–Trinajstić information content (AvgIpc) is 2.56. The van der Waals surface area contributed by atoms with Crippen LogP contribution in [0.2, 0.25) is 0 Å². The number of rotatable bonds is 4. The van der Waals surface area contributed by atoms with Gasteiger partial charge in [0.05, 0.1) is 23.4 Å². The molecule has 0 atom stereocenters. The molecule has 0 aliphatic heterocycles. The third-order valence-electron chi connectivity index (χ3n) is 3.48. The number of benzene rings is 2. The molecule has 1 amide bonds. The molecule has 2 rings (SSSR count). The van der Waals surface area contributed by atoms with E-state index in [4.69, 9.17) is 10.5 Å². The third-order valence-corrected chi connectivity index (χ3v) is 3.48. The Morgan fingerprint density at radius 2 is 1.48 bits per heavy atom. The van der Waals surface area contributed by atoms with E-state index in [1.54, 1.807) is 18.2 Å². The maximum absolute atomic E-state index is 12.2. The van der Waals surface area contributed by atoms with Crippen LogP contribution in [0.15, 0.2) is 36.4 Å². The Bertz CT molecular complexity index is 775. The molecule has 0 radical (unpaired) electrons. The lowest BCUT2D eigenvalue weighted by Crippen LogP contribution is -2.23. The summed E-state index contributed by atoms with van der Waals surface area (Å²) in [6, 6.07) is 14.7. The van der Waals surface area contributed by atoms with Gasteiger partial charge in [0, 0.05) is 5.69 Å². The zero-order valence-corrected chi connectivity index (χ0v) is 13.0. The molecule has 0 unspecified atom stereocenters. The number of para-hydroxylation sites is 2. The van der Waals surface area contributed by atoms with Gasteiger partial charge in [-0.25, -0.2) is 0 Å². The van der Waals surface area contributed by atoms with E-state index in [1.165, 1.54) is 0 Å². The molecule has 0 aromatic heterocycles. The molecule has 0 heterocycles. The summed E-state index contributed by atoms with van der Waals surface area (Å²) in [7, 11) is 0. The summed E-state index contributed by atoms with van der Waals surface area (Å²) in [5.74, 6) is -0.237. The lowest BCUT2D eigenvalue weighted by molar-refractivity contribution is -0.114. The van der Waals surface area contributed by atoms with Gasteiger partial charge in [-0.05, 0) is 37.1 Å². The highest BCUT2D eigenvalue weighted by Gasteiger charge is 2.11. The molecule has 0 aliphatic carbocycles. The minimum Gasteiger partial charge on any atom is -0.374 e. The van der Waals surface area contributed by atoms with Gasteiger partial charge in [-0.3, -0.25) is 4.79 Å². The van der Waals surface area contributed by atoms with E-state index in [0.717, 1.165) is 16.8 Å². The van der Waals surface area contributed by atoms with Crippen molar-refractivity contribution in [3.63, 3.8) is 0 Å². The molecule has 114 valence electrons. The van der Waals surface area contributed by atoms with E-state index in [0.29, 0.717) is 16.8 Å². The molecule has 0 fully saturated rings. The molecular formula is C18H16N4O. The molecule has 5 heteroatoms. The first-order valence-corrected chi connectivity index (χ1v) is 7.10. The van der Waals surface area contributed by atoms with Crippen molar-refractivity contribution in [2.24, 2.45) is 0 Å². The van der Waals surface area contributed by atoms with Crippen molar-refractivity contribution in [1.82, 2.24) is 0 Å². The zero-order chi connectivity index (χ0) is 16.8. The number of nitrogens with zero attached hydrogens (tertiary/aromatic N) is 2. The Labute approximate surface area is 135 Å². The smallest absolute Gasteiger partial charge is 0.243 e. The lowest BCUT2D eigenvalue weighted by atomic mass is 10.1. The highest BCUT2D eigenvalue weighted by Crippen LogP contribution is 2.21. The van der Waals surface area contributed by atoms with Crippen LogP contribution in [0.1, 0.15) is 22.3 Å². The minimum absolute atomic E-state index is 0.0266. The molecule has 2 aromatic rings. The van der Waals surface area contributed by atoms with E-state index < -0.39 is 0 Å². The normalized spacial score (nSPS) is 9.57. The number of nitriles is 2. The first-order valence-electron chi connectivity index (χ1n) is 7.10. The van der Waals surface area contributed by atoms with Gasteiger partial charge in [0.15, 0.2) is 0 Å². The van der Waals surface area contributed by atoms with Gasteiger partial charge in [0.25, 0.3) is 0 Å². The van der Waals surface area contributed by atoms with Crippen LogP contribution in [0.4, 0.5) is 11.4 Å². The second-order valence-electron chi connectivity index (χ2n) is 5.12. The molecular weight excluding hydrogens is 288 g/mol. The molecule has 0 saturated carbocycles. The fraction of sp³-hybridized carbons (Fsp3) is 0.167. The van der Waals surface area contributed by atoms with Crippen LogP contribution in [-0.2, 0) is 4.79 Å². The topological polar surface area (TPSA) is 88.7 Å². The van der Waals surface area contributed by atoms with Crippen LogP contribution < -0.4 is 10.6 Å². The highest BCUT2D eigenvalue weighted by molar-refractivity contribution is 5.95. The summed E-state index contributed by atoms with van der Waals surface area (Å²) in [5, 5.41) is 24.0. The molecule has 2 N–H and O–H groups in total. The predicted molar refractivity (Wildman–Crippen MR) is 88.9 cm³/mol. The maximum Gasteiger partial charge on any atom is 0.243 e. The van der Waals surface area contributed by atoms with Crippen LogP contribution in [0, 0.1) is 36.5 Å². The van der Waals surface area contributed by atoms with E-state index in [-0.39, 0.29) is 12.5 Å². The first-order chi connectivity index (χ1) is 11.1. The second kappa shape index (κ2) is 7.11. The number of carbonyl (C=O) groups is 1. The van der Waals surface area contributed by atoms with Gasteiger partial charge < -0.3 is 10.6 Å². The highest BCUT2D eigenvalue weighted by atomic mass is 16.1. The molecule has 23 heavy (non-hydrogen) atoms. The van der Waals surface area contributed by atoms with Crippen molar-refractivity contribution in [1.29, 1.82) is 10.5 Å². The quantitative estimate of drug-likeness (QED) is 0.908. The molecule has 5 nitrogen and oxygen atoms in total. The number of aryl methyl sites for hydroxylation is 2. The Morgan fingerprint density at radius 1 is 0.957 bits per heavy atom. The first kappa shape index (κ1) is 16.1. The number of amides is 1. The summed E-state index contributed by atoms with van der Waals surface area (Å²) in [6.45, 7) is 3.82. The zero-order valence-electron chi connectivity index (χ0n) is 13.0. The van der Waals surface area contributed by atoms with Gasteiger partial charge in [-0.2, -0.15) is 10.5 Å². The fourth-order valence-corrected chi connectivity index (χ4v) is 2.29. The van der Waals surface area contributed by atoms with Crippen molar-refractivity contribution >= 4 is 17.3 Å². The largest absolute Gasteiger partial charge is 0.374 e. The summed E-state index contributed by atoms with van der Waals surface area (Å²) >= 11 is 0. The van der Waals surface area contributed by atoms with Gasteiger partial charge in [-0.1, -0.05) is 24.3 Å². The lowest BCUT2D eigenvalue weighted by Gasteiger charge is -2.13. The van der Waals surface area contributed by atoms with Crippen LogP contribution in [0.3, 0.4) is 0 Å². The van der Waals surface area contributed by atoms with Crippen LogP contribution in [0.5, 0.6) is 0 Å². The van der Waals surface area contributed by atoms with Crippen LogP contribution in [0.25, 0.3) is 0 Å². The molecule has 0 bridgehead atoms. The Kier molecular flexibility index (Phi) is 4.96. The number of carbonyl (C=O) groups excluding carboxylic acids is 1. The van der Waals surface area contributed by atoms with Gasteiger partial charge >= 0.3 is 0 Å². The van der Waals surface area contributed by atoms with Crippen LogP contribution >= 0.6 is 0 Å². The average molecular weight is 304 g/mol. The summed E-state index contributed by atoms with van der Waals surface area (Å²) < 4.78 is 0. The van der Waals surface area contributed by atoms with Gasteiger partial charge in [-0.15, -0.1) is 0 Å². The van der Waals surface area contributed by atoms with Crippen molar-refractivity contribution in [2.45, 2.75) is 13.8 Å². The number of nitrogens with one attached hydrogen (secondary N) is 2. The summed E-state index contributed by atoms with van der Waals surface area (Å²) in [4.78, 5) is 12.2. The number of anilines is 2. The Hall–Kier alpha value is -3.31. The maximum atomic E-state index is 12.2. The van der Waals surface area contributed by atoms with Crippen molar-refractivity contribution in [2.75, 3.05) is 17.2 Å². The monoisotopic (exact) mass is 304 g/mol. The molecule has 0 aliphatic rings. The Balaban J connectivity index is 2.12. The van der Waals surface area contributed by atoms with Crippen molar-refractivity contribution in [3.05, 3.63) is 58.7 Å². The predicted octanol–water partition coefficient (Wildman–Crippen LogP) is 3.10. The SMILES string of the molecule is Cc1cccc(C)c1NC(=O)CNc1c(C#N)cccc1C#N. The minimum atomic E-state index is -0.237. The molecule has 0 saturated heterocycles. The molecule has 0 spiro atoms. The molecule has 2 aromatic carbocycles. The number of hydrogen-bond acceptors (Lipinski definition) is 4. The summed E-state index contributed by atoms with van der Waals surface area (Å²) in [6.07, 6.45) is 0. The van der Waals surface area contributed by atoms with E-state index in [1.807, 2.05) is 44.2 Å². The van der Waals surface area contributed by atoms with E-state index in [9.17, 15) is 4.79 Å². The van der Waals surface area contributed by atoms with Gasteiger partial charge in [0.2, 0.25) is 5.91 Å². The second-order valence-corrected chi connectivity index (χ2v) is 5.12.